The molecule has 1 aromatic rings. The minimum absolute atomic E-state index is 0.692. The molecule has 1 rings (SSSR count). The summed E-state index contributed by atoms with van der Waals surface area (Å²) in [6.07, 6.45) is 0. The van der Waals surface area contributed by atoms with E-state index in [0.29, 0.717) is 6.61 Å². The monoisotopic (exact) mass is 282 g/mol. The summed E-state index contributed by atoms with van der Waals surface area (Å²) >= 11 is 8.00. The Morgan fingerprint density at radius 1 is 1.55 bits per heavy atom. The fraction of sp³-hybridized carbons (Fsp3) is 0.250. The number of rotatable bonds is 2. The van der Waals surface area contributed by atoms with Gasteiger partial charge in [-0.1, -0.05) is 11.6 Å². The summed E-state index contributed by atoms with van der Waals surface area (Å²) in [5.41, 5.74) is 0. The molecule has 0 heterocycles. The van der Waals surface area contributed by atoms with Gasteiger partial charge in [0.15, 0.2) is 0 Å². The Balaban J connectivity index is 2.86. The highest BCUT2D eigenvalue weighted by atomic mass is 127. The van der Waals surface area contributed by atoms with Crippen molar-refractivity contribution in [2.45, 2.75) is 6.92 Å². The largest absolute Gasteiger partial charge is 0.494 e. The van der Waals surface area contributed by atoms with E-state index in [1.807, 2.05) is 25.1 Å². The van der Waals surface area contributed by atoms with Gasteiger partial charge in [0.2, 0.25) is 0 Å². The Morgan fingerprint density at radius 2 is 2.27 bits per heavy atom. The molecule has 3 heteroatoms. The minimum Gasteiger partial charge on any atom is -0.494 e. The van der Waals surface area contributed by atoms with Crippen molar-refractivity contribution in [3.05, 3.63) is 26.8 Å². The predicted molar refractivity (Wildman–Crippen MR) is 55.3 cm³/mol. The van der Waals surface area contributed by atoms with Crippen molar-refractivity contribution in [1.29, 1.82) is 0 Å². The summed E-state index contributed by atoms with van der Waals surface area (Å²) in [6, 6.07) is 5.63. The normalized spacial score (nSPS) is 9.73. The molecule has 0 aromatic heterocycles. The van der Waals surface area contributed by atoms with Gasteiger partial charge in [-0.05, 0) is 47.7 Å². The van der Waals surface area contributed by atoms with Crippen molar-refractivity contribution in [3.63, 3.8) is 0 Å². The van der Waals surface area contributed by atoms with E-state index >= 15 is 0 Å². The predicted octanol–water partition coefficient (Wildman–Crippen LogP) is 3.34. The Labute approximate surface area is 84.8 Å². The van der Waals surface area contributed by atoms with Crippen LogP contribution in [0.2, 0.25) is 5.02 Å². The van der Waals surface area contributed by atoms with Crippen LogP contribution < -0.4 is 4.74 Å². The van der Waals surface area contributed by atoms with E-state index < -0.39 is 0 Å². The first-order valence-corrected chi connectivity index (χ1v) is 4.77. The van der Waals surface area contributed by atoms with Crippen LogP contribution in [0, 0.1) is 3.57 Å². The van der Waals surface area contributed by atoms with Crippen LogP contribution in [0.1, 0.15) is 6.92 Å². The maximum Gasteiger partial charge on any atom is 0.120 e. The van der Waals surface area contributed by atoms with Gasteiger partial charge in [-0.2, -0.15) is 0 Å². The van der Waals surface area contributed by atoms with Crippen LogP contribution in [0.3, 0.4) is 0 Å². The molecule has 0 spiro atoms. The smallest absolute Gasteiger partial charge is 0.120 e. The van der Waals surface area contributed by atoms with Gasteiger partial charge in [0, 0.05) is 3.57 Å². The number of benzene rings is 1. The van der Waals surface area contributed by atoms with Gasteiger partial charge in [0.25, 0.3) is 0 Å². The molecule has 0 aliphatic heterocycles. The standard InChI is InChI=1S/C8H8ClIO/c1-2-11-6-3-4-7(9)8(10)5-6/h3-5H,2H2,1H3. The lowest BCUT2D eigenvalue weighted by Crippen LogP contribution is -1.91. The van der Waals surface area contributed by atoms with Crippen molar-refractivity contribution < 1.29 is 4.74 Å². The third kappa shape index (κ3) is 2.52. The topological polar surface area (TPSA) is 9.23 Å². The molecule has 0 aliphatic rings. The van der Waals surface area contributed by atoms with Gasteiger partial charge in [0.05, 0.1) is 11.6 Å². The van der Waals surface area contributed by atoms with Gasteiger partial charge in [-0.3, -0.25) is 0 Å². The molecule has 0 atom stereocenters. The number of hydrogen-bond acceptors (Lipinski definition) is 1. The molecule has 0 N–H and O–H groups in total. The van der Waals surface area contributed by atoms with E-state index in [2.05, 4.69) is 22.6 Å². The summed E-state index contributed by atoms with van der Waals surface area (Å²) in [6.45, 7) is 2.65. The molecule has 0 fully saturated rings. The van der Waals surface area contributed by atoms with E-state index in [-0.39, 0.29) is 0 Å². The molecule has 0 aliphatic carbocycles. The fourth-order valence-electron chi connectivity index (χ4n) is 0.733. The van der Waals surface area contributed by atoms with Crippen molar-refractivity contribution in [3.8, 4) is 5.75 Å². The summed E-state index contributed by atoms with van der Waals surface area (Å²) < 4.78 is 6.30. The van der Waals surface area contributed by atoms with Crippen LogP contribution >= 0.6 is 34.2 Å². The summed E-state index contributed by atoms with van der Waals surface area (Å²) in [4.78, 5) is 0. The second-order valence-electron chi connectivity index (χ2n) is 2.01. The molecule has 1 nitrogen and oxygen atoms in total. The van der Waals surface area contributed by atoms with E-state index in [9.17, 15) is 0 Å². The highest BCUT2D eigenvalue weighted by Crippen LogP contribution is 2.23. The van der Waals surface area contributed by atoms with Crippen LogP contribution in [0.15, 0.2) is 18.2 Å². The van der Waals surface area contributed by atoms with E-state index in [0.717, 1.165) is 14.3 Å². The van der Waals surface area contributed by atoms with Crippen molar-refractivity contribution >= 4 is 34.2 Å². The summed E-state index contributed by atoms with van der Waals surface area (Å²) in [5.74, 6) is 0.876. The molecule has 0 saturated carbocycles. The highest BCUT2D eigenvalue weighted by molar-refractivity contribution is 14.1. The quantitative estimate of drug-likeness (QED) is 0.756. The van der Waals surface area contributed by atoms with E-state index in [4.69, 9.17) is 16.3 Å². The third-order valence-corrected chi connectivity index (χ3v) is 2.74. The summed E-state index contributed by atoms with van der Waals surface area (Å²) in [5, 5.41) is 0.772. The first-order valence-electron chi connectivity index (χ1n) is 3.32. The first-order chi connectivity index (χ1) is 5.24. The molecule has 0 radical (unpaired) electrons. The van der Waals surface area contributed by atoms with Gasteiger partial charge in [-0.15, -0.1) is 0 Å². The SMILES string of the molecule is CCOc1ccc(Cl)c(I)c1. The van der Waals surface area contributed by atoms with E-state index in [1.165, 1.54) is 0 Å². The van der Waals surface area contributed by atoms with E-state index in [1.54, 1.807) is 0 Å². The molecule has 60 valence electrons. The molecule has 0 amide bonds. The Hall–Kier alpha value is 0.0400. The van der Waals surface area contributed by atoms with Crippen LogP contribution in [-0.4, -0.2) is 6.61 Å². The minimum atomic E-state index is 0.692. The highest BCUT2D eigenvalue weighted by Gasteiger charge is 1.97. The van der Waals surface area contributed by atoms with Gasteiger partial charge in [0.1, 0.15) is 5.75 Å². The lowest BCUT2D eigenvalue weighted by molar-refractivity contribution is 0.340. The maximum atomic E-state index is 5.82. The average Bonchev–Trinajstić information content (AvgIpc) is 1.98. The first kappa shape index (κ1) is 9.13. The lowest BCUT2D eigenvalue weighted by Gasteiger charge is -2.03. The Morgan fingerprint density at radius 3 is 2.82 bits per heavy atom. The van der Waals surface area contributed by atoms with Gasteiger partial charge in [-0.25, -0.2) is 0 Å². The van der Waals surface area contributed by atoms with Crippen LogP contribution in [0.25, 0.3) is 0 Å². The second-order valence-corrected chi connectivity index (χ2v) is 3.58. The van der Waals surface area contributed by atoms with Crippen molar-refractivity contribution in [1.82, 2.24) is 0 Å². The molecular formula is C8H8ClIO. The molecule has 1 aromatic carbocycles. The third-order valence-electron chi connectivity index (χ3n) is 1.20. The Kier molecular flexibility index (Phi) is 3.45. The van der Waals surface area contributed by atoms with Crippen molar-refractivity contribution in [2.24, 2.45) is 0 Å². The average molecular weight is 283 g/mol. The van der Waals surface area contributed by atoms with Gasteiger partial charge < -0.3 is 4.74 Å². The second kappa shape index (κ2) is 4.16. The van der Waals surface area contributed by atoms with Crippen LogP contribution in [0.4, 0.5) is 0 Å². The number of hydrogen-bond donors (Lipinski definition) is 0. The zero-order chi connectivity index (χ0) is 8.27. The molecule has 11 heavy (non-hydrogen) atoms. The molecular weight excluding hydrogens is 274 g/mol. The molecule has 0 bridgehead atoms. The molecule has 0 unspecified atom stereocenters. The zero-order valence-corrected chi connectivity index (χ0v) is 9.02. The Bertz CT molecular complexity index is 250. The zero-order valence-electron chi connectivity index (χ0n) is 6.10. The lowest BCUT2D eigenvalue weighted by atomic mass is 10.3. The van der Waals surface area contributed by atoms with Gasteiger partial charge >= 0.3 is 0 Å². The number of ether oxygens (including phenoxy) is 1. The number of halogens is 2. The molecule has 0 saturated heterocycles. The van der Waals surface area contributed by atoms with Crippen LogP contribution in [-0.2, 0) is 0 Å². The van der Waals surface area contributed by atoms with Crippen molar-refractivity contribution in [2.75, 3.05) is 6.61 Å². The maximum absolute atomic E-state index is 5.82. The fourth-order valence-corrected chi connectivity index (χ4v) is 1.34. The summed E-state index contributed by atoms with van der Waals surface area (Å²) in [7, 11) is 0. The van der Waals surface area contributed by atoms with Crippen LogP contribution in [0.5, 0.6) is 5.75 Å².